The van der Waals surface area contributed by atoms with E-state index in [9.17, 15) is 0 Å². The smallest absolute Gasteiger partial charge is 0.192 e. The van der Waals surface area contributed by atoms with Gasteiger partial charge >= 0.3 is 0 Å². The van der Waals surface area contributed by atoms with Crippen LogP contribution in [0.4, 0.5) is 5.69 Å². The number of hydrogen-bond acceptors (Lipinski definition) is 4. The van der Waals surface area contributed by atoms with E-state index in [0.717, 1.165) is 29.6 Å². The highest BCUT2D eigenvalue weighted by atomic mass is 28.4. The number of nitrogen functional groups attached to an aromatic ring is 1. The van der Waals surface area contributed by atoms with Gasteiger partial charge in [-0.05, 0) is 43.1 Å². The number of nitrogens with zero attached hydrogens (tertiary/aromatic N) is 2. The third kappa shape index (κ3) is 3.23. The Labute approximate surface area is 145 Å². The van der Waals surface area contributed by atoms with Gasteiger partial charge in [0.1, 0.15) is 11.9 Å². The molecule has 0 saturated carbocycles. The van der Waals surface area contributed by atoms with Crippen LogP contribution in [0.25, 0.3) is 11.0 Å². The quantitative estimate of drug-likeness (QED) is 0.837. The number of anilines is 1. The highest BCUT2D eigenvalue weighted by molar-refractivity contribution is 6.74. The SMILES string of the molecule is CC(C)(C)[Si](C)(C)OC[C@@H]1CC[C@H](n2ccc3c(N)ccnc32)O1. The zero-order valence-electron chi connectivity index (χ0n) is 15.4. The topological polar surface area (TPSA) is 62.3 Å². The molecule has 0 radical (unpaired) electrons. The fourth-order valence-corrected chi connectivity index (χ4v) is 3.88. The molecular weight excluding hydrogens is 318 g/mol. The van der Waals surface area contributed by atoms with Gasteiger partial charge in [-0.1, -0.05) is 20.8 Å². The molecule has 3 heterocycles. The van der Waals surface area contributed by atoms with Crippen LogP contribution in [-0.4, -0.2) is 30.6 Å². The van der Waals surface area contributed by atoms with Crippen molar-refractivity contribution in [2.24, 2.45) is 0 Å². The van der Waals surface area contributed by atoms with Gasteiger partial charge in [-0.25, -0.2) is 4.98 Å². The summed E-state index contributed by atoms with van der Waals surface area (Å²) in [6, 6.07) is 3.85. The predicted octanol–water partition coefficient (Wildman–Crippen LogP) is 4.32. The maximum absolute atomic E-state index is 6.32. The highest BCUT2D eigenvalue weighted by Crippen LogP contribution is 2.38. The second-order valence-electron chi connectivity index (χ2n) is 8.22. The molecule has 5 nitrogen and oxygen atoms in total. The van der Waals surface area contributed by atoms with E-state index < -0.39 is 8.32 Å². The van der Waals surface area contributed by atoms with Crippen LogP contribution in [0.15, 0.2) is 24.5 Å². The second kappa shape index (κ2) is 6.17. The molecule has 132 valence electrons. The molecule has 2 aromatic heterocycles. The van der Waals surface area contributed by atoms with E-state index in [4.69, 9.17) is 14.9 Å². The molecule has 0 spiro atoms. The van der Waals surface area contributed by atoms with Crippen molar-refractivity contribution in [3.05, 3.63) is 24.5 Å². The average molecular weight is 348 g/mol. The maximum Gasteiger partial charge on any atom is 0.192 e. The van der Waals surface area contributed by atoms with Crippen molar-refractivity contribution in [2.75, 3.05) is 12.3 Å². The van der Waals surface area contributed by atoms with Crippen LogP contribution in [0.5, 0.6) is 0 Å². The van der Waals surface area contributed by atoms with Crippen LogP contribution in [0.3, 0.4) is 0 Å². The van der Waals surface area contributed by atoms with Gasteiger partial charge in [0.25, 0.3) is 0 Å². The number of nitrogens with two attached hydrogens (primary N) is 1. The molecule has 0 aromatic carbocycles. The van der Waals surface area contributed by atoms with Gasteiger partial charge in [-0.3, -0.25) is 0 Å². The van der Waals surface area contributed by atoms with Crippen molar-refractivity contribution in [3.63, 3.8) is 0 Å². The number of ether oxygens (including phenoxy) is 1. The van der Waals surface area contributed by atoms with Crippen LogP contribution < -0.4 is 5.73 Å². The summed E-state index contributed by atoms with van der Waals surface area (Å²) in [5.41, 5.74) is 7.68. The lowest BCUT2D eigenvalue weighted by atomic mass is 10.2. The van der Waals surface area contributed by atoms with Crippen molar-refractivity contribution in [3.8, 4) is 0 Å². The lowest BCUT2D eigenvalue weighted by molar-refractivity contribution is -0.0179. The minimum absolute atomic E-state index is 0.0183. The summed E-state index contributed by atoms with van der Waals surface area (Å²) in [7, 11) is -1.73. The minimum atomic E-state index is -1.73. The Morgan fingerprint density at radius 2 is 2.08 bits per heavy atom. The van der Waals surface area contributed by atoms with Gasteiger partial charge in [0, 0.05) is 23.5 Å². The number of fused-ring (bicyclic) bond motifs is 1. The number of pyridine rings is 1. The average Bonchev–Trinajstić information content (AvgIpc) is 3.10. The van der Waals surface area contributed by atoms with Crippen LogP contribution >= 0.6 is 0 Å². The van der Waals surface area contributed by atoms with Gasteiger partial charge in [-0.2, -0.15) is 0 Å². The number of rotatable bonds is 4. The molecule has 6 heteroatoms. The fourth-order valence-electron chi connectivity index (χ4n) is 2.84. The third-order valence-corrected chi connectivity index (χ3v) is 9.98. The second-order valence-corrected chi connectivity index (χ2v) is 13.0. The molecular formula is C18H29N3O2Si. The van der Waals surface area contributed by atoms with E-state index >= 15 is 0 Å². The summed E-state index contributed by atoms with van der Waals surface area (Å²) in [5, 5.41) is 1.21. The largest absolute Gasteiger partial charge is 0.414 e. The molecule has 0 amide bonds. The Bertz CT molecular complexity index is 721. The first kappa shape index (κ1) is 17.4. The van der Waals surface area contributed by atoms with E-state index in [2.05, 4.69) is 43.4 Å². The van der Waals surface area contributed by atoms with Gasteiger partial charge in [-0.15, -0.1) is 0 Å². The normalized spacial score (nSPS) is 22.4. The van der Waals surface area contributed by atoms with Crippen LogP contribution in [-0.2, 0) is 9.16 Å². The summed E-state index contributed by atoms with van der Waals surface area (Å²) in [4.78, 5) is 4.47. The maximum atomic E-state index is 6.32. The number of hydrogen-bond donors (Lipinski definition) is 1. The molecule has 2 aromatic rings. The van der Waals surface area contributed by atoms with Crippen LogP contribution in [0.1, 0.15) is 39.8 Å². The van der Waals surface area contributed by atoms with Crippen molar-refractivity contribution in [1.29, 1.82) is 0 Å². The Balaban J connectivity index is 1.66. The minimum Gasteiger partial charge on any atom is -0.414 e. The predicted molar refractivity (Wildman–Crippen MR) is 100 cm³/mol. The lowest BCUT2D eigenvalue weighted by Crippen LogP contribution is -2.42. The molecule has 24 heavy (non-hydrogen) atoms. The molecule has 1 saturated heterocycles. The number of aromatic nitrogens is 2. The first-order valence-electron chi connectivity index (χ1n) is 8.69. The Hall–Kier alpha value is -1.37. The van der Waals surface area contributed by atoms with Gasteiger partial charge in [0.15, 0.2) is 8.32 Å². The van der Waals surface area contributed by atoms with Gasteiger partial charge < -0.3 is 19.5 Å². The molecule has 3 rings (SSSR count). The van der Waals surface area contributed by atoms with Crippen molar-refractivity contribution < 1.29 is 9.16 Å². The van der Waals surface area contributed by atoms with E-state index in [-0.39, 0.29) is 17.4 Å². The third-order valence-electron chi connectivity index (χ3n) is 5.48. The molecule has 0 bridgehead atoms. The summed E-state index contributed by atoms with van der Waals surface area (Å²) in [6.45, 7) is 12.0. The molecule has 0 aliphatic carbocycles. The van der Waals surface area contributed by atoms with Crippen LogP contribution in [0.2, 0.25) is 18.1 Å². The summed E-state index contributed by atoms with van der Waals surface area (Å²) in [5.74, 6) is 0. The Kier molecular flexibility index (Phi) is 4.48. The van der Waals surface area contributed by atoms with Crippen molar-refractivity contribution in [2.45, 2.75) is 64.1 Å². The first-order valence-corrected chi connectivity index (χ1v) is 11.6. The van der Waals surface area contributed by atoms with Crippen molar-refractivity contribution in [1.82, 2.24) is 9.55 Å². The standard InChI is InChI=1S/C18H29N3O2Si/c1-18(2,3)24(4,5)22-12-13-6-7-16(23-13)21-11-9-14-15(19)8-10-20-17(14)21/h8-11,13,16H,6-7,12H2,1-5H3,(H2,19,20)/t13-,16+/m0/s1. The lowest BCUT2D eigenvalue weighted by Gasteiger charge is -2.36. The molecule has 1 fully saturated rings. The van der Waals surface area contributed by atoms with E-state index in [1.54, 1.807) is 6.20 Å². The Morgan fingerprint density at radius 1 is 1.33 bits per heavy atom. The fraction of sp³-hybridized carbons (Fsp3) is 0.611. The van der Waals surface area contributed by atoms with Gasteiger partial charge in [0.2, 0.25) is 0 Å². The summed E-state index contributed by atoms with van der Waals surface area (Å²) in [6.07, 6.45) is 5.94. The van der Waals surface area contributed by atoms with Crippen molar-refractivity contribution >= 4 is 25.0 Å². The van der Waals surface area contributed by atoms with Crippen LogP contribution in [0, 0.1) is 0 Å². The van der Waals surface area contributed by atoms with Gasteiger partial charge in [0.05, 0.1) is 12.7 Å². The van der Waals surface area contributed by atoms with E-state index in [0.29, 0.717) is 6.61 Å². The summed E-state index contributed by atoms with van der Waals surface area (Å²) >= 11 is 0. The van der Waals surface area contributed by atoms with E-state index in [1.807, 2.05) is 18.3 Å². The molecule has 0 unspecified atom stereocenters. The summed E-state index contributed by atoms with van der Waals surface area (Å²) < 4.78 is 14.7. The monoisotopic (exact) mass is 347 g/mol. The molecule has 2 N–H and O–H groups in total. The first-order chi connectivity index (χ1) is 11.2. The molecule has 1 aliphatic rings. The molecule has 2 atom stereocenters. The molecule has 1 aliphatic heterocycles. The highest BCUT2D eigenvalue weighted by Gasteiger charge is 2.38. The van der Waals surface area contributed by atoms with E-state index in [1.165, 1.54) is 0 Å². The zero-order valence-corrected chi connectivity index (χ0v) is 16.4. The Morgan fingerprint density at radius 3 is 2.79 bits per heavy atom. The zero-order chi connectivity index (χ0) is 17.5.